The van der Waals surface area contributed by atoms with Gasteiger partial charge >= 0.3 is 0 Å². The Morgan fingerprint density at radius 1 is 1.24 bits per heavy atom. The first-order valence-corrected chi connectivity index (χ1v) is 7.19. The van der Waals surface area contributed by atoms with Gasteiger partial charge in [-0.3, -0.25) is 0 Å². The highest BCUT2D eigenvalue weighted by Crippen LogP contribution is 2.22. The lowest BCUT2D eigenvalue weighted by Gasteiger charge is -2.08. The maximum Gasteiger partial charge on any atom is 0.178 e. The Balaban J connectivity index is 1.82. The van der Waals surface area contributed by atoms with E-state index in [4.69, 9.17) is 28.6 Å². The van der Waals surface area contributed by atoms with Gasteiger partial charge in [0.15, 0.2) is 4.77 Å². The molecule has 0 bridgehead atoms. The minimum atomic E-state index is -0.465. The summed E-state index contributed by atoms with van der Waals surface area (Å²) in [4.78, 5) is 2.97. The maximum absolute atomic E-state index is 13.4. The number of imidazole rings is 1. The van der Waals surface area contributed by atoms with Gasteiger partial charge in [0.1, 0.15) is 18.2 Å². The van der Waals surface area contributed by atoms with Gasteiger partial charge in [-0.2, -0.15) is 0 Å². The van der Waals surface area contributed by atoms with Crippen molar-refractivity contribution in [3.8, 4) is 5.75 Å². The minimum absolute atomic E-state index is 0.0780. The third-order valence-corrected chi connectivity index (χ3v) is 3.76. The average Bonchev–Trinajstić information content (AvgIpc) is 2.76. The molecule has 21 heavy (non-hydrogen) atoms. The summed E-state index contributed by atoms with van der Waals surface area (Å²) in [5.41, 5.74) is 1.39. The molecular weight excluding hydrogens is 311 g/mol. The first-order chi connectivity index (χ1) is 10.1. The number of hydrogen-bond acceptors (Lipinski definition) is 2. The molecule has 0 fully saturated rings. The van der Waals surface area contributed by atoms with Gasteiger partial charge in [-0.25, -0.2) is 4.39 Å². The summed E-state index contributed by atoms with van der Waals surface area (Å²) in [6.07, 6.45) is 0. The van der Waals surface area contributed by atoms with Crippen molar-refractivity contribution in [2.45, 2.75) is 6.54 Å². The molecule has 0 atom stereocenters. The summed E-state index contributed by atoms with van der Waals surface area (Å²) in [5.74, 6) is 0.334. The monoisotopic (exact) mass is 322 g/mol. The van der Waals surface area contributed by atoms with Crippen LogP contribution < -0.4 is 4.74 Å². The molecule has 0 saturated heterocycles. The highest BCUT2D eigenvalue weighted by Gasteiger charge is 2.09. The summed E-state index contributed by atoms with van der Waals surface area (Å²) in [6.45, 7) is 1.01. The fourth-order valence-corrected chi connectivity index (χ4v) is 2.60. The molecule has 1 aromatic heterocycles. The topological polar surface area (TPSA) is 29.9 Å². The van der Waals surface area contributed by atoms with Crippen molar-refractivity contribution in [2.24, 2.45) is 0 Å². The van der Waals surface area contributed by atoms with Crippen LogP contribution in [0.2, 0.25) is 5.02 Å². The molecule has 108 valence electrons. The molecule has 0 aliphatic heterocycles. The van der Waals surface area contributed by atoms with Gasteiger partial charge in [0.25, 0.3) is 0 Å². The predicted molar refractivity (Wildman–Crippen MR) is 84.0 cm³/mol. The van der Waals surface area contributed by atoms with Crippen molar-refractivity contribution in [1.29, 1.82) is 0 Å². The zero-order valence-electron chi connectivity index (χ0n) is 11.0. The quantitative estimate of drug-likeness (QED) is 0.713. The van der Waals surface area contributed by atoms with E-state index in [2.05, 4.69) is 4.98 Å². The van der Waals surface area contributed by atoms with Crippen molar-refractivity contribution >= 4 is 34.9 Å². The van der Waals surface area contributed by atoms with Crippen LogP contribution >= 0.6 is 23.8 Å². The molecule has 6 heteroatoms. The molecule has 0 saturated carbocycles. The van der Waals surface area contributed by atoms with Gasteiger partial charge in [0, 0.05) is 6.07 Å². The Bertz CT molecular complexity index is 829. The van der Waals surface area contributed by atoms with E-state index < -0.39 is 5.82 Å². The van der Waals surface area contributed by atoms with Gasteiger partial charge in [-0.1, -0.05) is 29.8 Å². The van der Waals surface area contributed by atoms with Gasteiger partial charge in [-0.15, -0.1) is 0 Å². The van der Waals surface area contributed by atoms with E-state index in [1.54, 1.807) is 6.07 Å². The van der Waals surface area contributed by atoms with Crippen molar-refractivity contribution in [3.63, 3.8) is 0 Å². The number of fused-ring (bicyclic) bond motifs is 1. The number of aromatic amines is 1. The fourth-order valence-electron chi connectivity index (χ4n) is 2.15. The van der Waals surface area contributed by atoms with E-state index >= 15 is 0 Å². The Kier molecular flexibility index (Phi) is 3.94. The fraction of sp³-hybridized carbons (Fsp3) is 0.133. The van der Waals surface area contributed by atoms with Gasteiger partial charge in [-0.05, 0) is 30.4 Å². The van der Waals surface area contributed by atoms with Crippen LogP contribution in [0.15, 0.2) is 42.5 Å². The van der Waals surface area contributed by atoms with Crippen LogP contribution in [0, 0.1) is 10.6 Å². The SMILES string of the molecule is Fc1cc2[nH]c(=S)n(CCOc3ccccc3)c2cc1Cl. The normalized spacial score (nSPS) is 11.0. The van der Waals surface area contributed by atoms with Crippen molar-refractivity contribution in [1.82, 2.24) is 9.55 Å². The van der Waals surface area contributed by atoms with Crippen LogP contribution in [0.25, 0.3) is 11.0 Å². The first kappa shape index (κ1) is 14.1. The number of nitrogens with one attached hydrogen (secondary N) is 1. The first-order valence-electron chi connectivity index (χ1n) is 6.40. The molecule has 0 aliphatic carbocycles. The van der Waals surface area contributed by atoms with Crippen LogP contribution in [0.1, 0.15) is 0 Å². The average molecular weight is 323 g/mol. The Hall–Kier alpha value is -1.85. The summed E-state index contributed by atoms with van der Waals surface area (Å²) in [5, 5.41) is 0.0780. The standard InChI is InChI=1S/C15H12ClFN2OS/c16-11-8-14-13(9-12(11)17)18-15(21)19(14)6-7-20-10-4-2-1-3-5-10/h1-5,8-9H,6-7H2,(H,18,21). The second kappa shape index (κ2) is 5.87. The summed E-state index contributed by atoms with van der Waals surface area (Å²) in [6, 6.07) is 12.5. The number of nitrogens with zero attached hydrogens (tertiary/aromatic N) is 1. The van der Waals surface area contributed by atoms with Crippen LogP contribution in [-0.4, -0.2) is 16.2 Å². The number of benzene rings is 2. The molecule has 0 unspecified atom stereocenters. The highest BCUT2D eigenvalue weighted by molar-refractivity contribution is 7.71. The molecule has 0 radical (unpaired) electrons. The minimum Gasteiger partial charge on any atom is -0.492 e. The second-order valence-corrected chi connectivity index (χ2v) is 5.32. The highest BCUT2D eigenvalue weighted by atomic mass is 35.5. The predicted octanol–water partition coefficient (Wildman–Crippen LogP) is 4.57. The molecule has 1 heterocycles. The van der Waals surface area contributed by atoms with Gasteiger partial charge in [0.05, 0.1) is 22.6 Å². The van der Waals surface area contributed by atoms with Crippen LogP contribution in [0.4, 0.5) is 4.39 Å². The molecule has 3 nitrogen and oxygen atoms in total. The zero-order valence-corrected chi connectivity index (χ0v) is 12.5. The number of hydrogen-bond donors (Lipinski definition) is 1. The Labute approximate surface area is 130 Å². The third-order valence-electron chi connectivity index (χ3n) is 3.14. The molecule has 1 N–H and O–H groups in total. The van der Waals surface area contributed by atoms with Gasteiger partial charge < -0.3 is 14.3 Å². The van der Waals surface area contributed by atoms with E-state index in [1.807, 2.05) is 34.9 Å². The Morgan fingerprint density at radius 3 is 2.76 bits per heavy atom. The van der Waals surface area contributed by atoms with Crippen molar-refractivity contribution in [3.05, 3.63) is 58.1 Å². The lowest BCUT2D eigenvalue weighted by atomic mass is 10.3. The zero-order chi connectivity index (χ0) is 14.8. The molecule has 3 aromatic rings. The van der Waals surface area contributed by atoms with Gasteiger partial charge in [0.2, 0.25) is 0 Å². The third kappa shape index (κ3) is 2.94. The summed E-state index contributed by atoms with van der Waals surface area (Å²) in [7, 11) is 0. The van der Waals surface area contributed by atoms with E-state index in [0.29, 0.717) is 23.4 Å². The molecule has 2 aromatic carbocycles. The largest absolute Gasteiger partial charge is 0.492 e. The van der Waals surface area contributed by atoms with Crippen molar-refractivity contribution < 1.29 is 9.13 Å². The molecule has 0 amide bonds. The van der Waals surface area contributed by atoms with E-state index in [1.165, 1.54) is 6.07 Å². The lowest BCUT2D eigenvalue weighted by molar-refractivity contribution is 0.299. The number of ether oxygens (including phenoxy) is 1. The van der Waals surface area contributed by atoms with E-state index in [-0.39, 0.29) is 5.02 Å². The number of aromatic nitrogens is 2. The van der Waals surface area contributed by atoms with Crippen LogP contribution in [0.3, 0.4) is 0 Å². The van der Waals surface area contributed by atoms with Crippen LogP contribution in [-0.2, 0) is 6.54 Å². The van der Waals surface area contributed by atoms with E-state index in [9.17, 15) is 4.39 Å². The Morgan fingerprint density at radius 2 is 2.00 bits per heavy atom. The molecular formula is C15H12ClFN2OS. The maximum atomic E-state index is 13.4. The number of rotatable bonds is 4. The van der Waals surface area contributed by atoms with Crippen molar-refractivity contribution in [2.75, 3.05) is 6.61 Å². The smallest absolute Gasteiger partial charge is 0.178 e. The molecule has 0 aliphatic rings. The lowest BCUT2D eigenvalue weighted by Crippen LogP contribution is -2.08. The number of H-pyrrole nitrogens is 1. The number of para-hydroxylation sites is 1. The number of halogens is 2. The summed E-state index contributed by atoms with van der Waals surface area (Å²) < 4.78 is 21.5. The second-order valence-electron chi connectivity index (χ2n) is 4.53. The summed E-state index contributed by atoms with van der Waals surface area (Å²) >= 11 is 11.1. The molecule has 3 rings (SSSR count). The molecule has 0 spiro atoms. The van der Waals surface area contributed by atoms with E-state index in [0.717, 1.165) is 11.3 Å². The van der Waals surface area contributed by atoms with Crippen LogP contribution in [0.5, 0.6) is 5.75 Å².